The minimum atomic E-state index is -0.758. The van der Waals surface area contributed by atoms with E-state index in [1.54, 1.807) is 0 Å². The van der Waals surface area contributed by atoms with Crippen molar-refractivity contribution in [3.63, 3.8) is 0 Å². The second-order valence-electron chi connectivity index (χ2n) is 3.65. The maximum absolute atomic E-state index is 10.9. The van der Waals surface area contributed by atoms with Crippen molar-refractivity contribution < 1.29 is 14.7 Å². The van der Waals surface area contributed by atoms with E-state index >= 15 is 0 Å². The van der Waals surface area contributed by atoms with E-state index in [4.69, 9.17) is 5.11 Å². The van der Waals surface area contributed by atoms with Crippen LogP contribution in [0.25, 0.3) is 0 Å². The topological polar surface area (TPSA) is 78.4 Å². The van der Waals surface area contributed by atoms with Gasteiger partial charge in [-0.2, -0.15) is 0 Å². The van der Waals surface area contributed by atoms with Crippen LogP contribution in [0.4, 0.5) is 4.79 Å². The zero-order valence-electron chi connectivity index (χ0n) is 8.25. The molecule has 1 heterocycles. The fourth-order valence-corrected chi connectivity index (χ4v) is 1.61. The highest BCUT2D eigenvalue weighted by Gasteiger charge is 2.26. The summed E-state index contributed by atoms with van der Waals surface area (Å²) in [7, 11) is 0. The molecule has 0 aromatic carbocycles. The van der Waals surface area contributed by atoms with Gasteiger partial charge in [-0.15, -0.1) is 0 Å². The summed E-state index contributed by atoms with van der Waals surface area (Å²) in [6, 6.07) is 0.171. The number of amides is 2. The highest BCUT2D eigenvalue weighted by atomic mass is 16.4. The maximum Gasteiger partial charge on any atom is 0.315 e. The summed E-state index contributed by atoms with van der Waals surface area (Å²) in [5.41, 5.74) is 0. The number of hydrogen-bond acceptors (Lipinski definition) is 2. The molecule has 5 nitrogen and oxygen atoms in total. The molecule has 3 N–H and O–H groups in total. The molecule has 1 aliphatic heterocycles. The lowest BCUT2D eigenvalue weighted by molar-refractivity contribution is -0.137. The van der Waals surface area contributed by atoms with Crippen molar-refractivity contribution in [3.8, 4) is 0 Å². The lowest BCUT2D eigenvalue weighted by atomic mass is 10.0. The predicted molar refractivity (Wildman–Crippen MR) is 51.0 cm³/mol. The minimum Gasteiger partial charge on any atom is -0.481 e. The Bertz CT molecular complexity index is 230. The smallest absolute Gasteiger partial charge is 0.315 e. The Balaban J connectivity index is 2.12. The SMILES string of the molecule is C[C@@H]1NC(=O)N[C@H]1CCCCC(=O)O. The van der Waals surface area contributed by atoms with Crippen LogP contribution in [-0.2, 0) is 4.79 Å². The van der Waals surface area contributed by atoms with E-state index in [9.17, 15) is 9.59 Å². The number of nitrogens with one attached hydrogen (secondary N) is 2. The van der Waals surface area contributed by atoms with Crippen molar-refractivity contribution in [3.05, 3.63) is 0 Å². The summed E-state index contributed by atoms with van der Waals surface area (Å²) in [5.74, 6) is -0.758. The second kappa shape index (κ2) is 4.83. The van der Waals surface area contributed by atoms with Crippen LogP contribution in [0.3, 0.4) is 0 Å². The van der Waals surface area contributed by atoms with E-state index in [-0.39, 0.29) is 24.5 Å². The van der Waals surface area contributed by atoms with E-state index in [1.807, 2.05) is 6.92 Å². The number of carboxylic acid groups (broad SMARTS) is 1. The Morgan fingerprint density at radius 3 is 2.64 bits per heavy atom. The normalized spacial score (nSPS) is 25.6. The summed E-state index contributed by atoms with van der Waals surface area (Å²) < 4.78 is 0. The maximum atomic E-state index is 10.9. The van der Waals surface area contributed by atoms with Gasteiger partial charge in [0.25, 0.3) is 0 Å². The summed E-state index contributed by atoms with van der Waals surface area (Å²) in [6.07, 6.45) is 2.56. The van der Waals surface area contributed by atoms with Crippen LogP contribution >= 0.6 is 0 Å². The summed E-state index contributed by atoms with van der Waals surface area (Å²) in [6.45, 7) is 1.94. The molecule has 0 radical (unpaired) electrons. The predicted octanol–water partition coefficient (Wildman–Crippen LogP) is 0.701. The summed E-state index contributed by atoms with van der Waals surface area (Å²) in [5, 5.41) is 14.0. The number of unbranched alkanes of at least 4 members (excludes halogenated alkanes) is 1. The van der Waals surface area contributed by atoms with Crippen LogP contribution in [0.2, 0.25) is 0 Å². The average molecular weight is 200 g/mol. The first-order valence-corrected chi connectivity index (χ1v) is 4.88. The first kappa shape index (κ1) is 10.8. The van der Waals surface area contributed by atoms with Gasteiger partial charge in [0.05, 0.1) is 6.04 Å². The molecule has 14 heavy (non-hydrogen) atoms. The molecule has 0 bridgehead atoms. The number of hydrogen-bond donors (Lipinski definition) is 3. The van der Waals surface area contributed by atoms with Gasteiger partial charge in [0.2, 0.25) is 0 Å². The fourth-order valence-electron chi connectivity index (χ4n) is 1.61. The van der Waals surface area contributed by atoms with Gasteiger partial charge < -0.3 is 15.7 Å². The number of carbonyl (C=O) groups excluding carboxylic acids is 1. The molecular weight excluding hydrogens is 184 g/mol. The van der Waals surface area contributed by atoms with Crippen LogP contribution in [0.1, 0.15) is 32.6 Å². The van der Waals surface area contributed by atoms with Crippen molar-refractivity contribution in [2.45, 2.75) is 44.7 Å². The average Bonchev–Trinajstić information content (AvgIpc) is 2.39. The van der Waals surface area contributed by atoms with Gasteiger partial charge in [0.1, 0.15) is 0 Å². The number of rotatable bonds is 5. The van der Waals surface area contributed by atoms with Crippen LogP contribution in [-0.4, -0.2) is 29.2 Å². The number of carboxylic acids is 1. The zero-order valence-corrected chi connectivity index (χ0v) is 8.25. The highest BCUT2D eigenvalue weighted by molar-refractivity contribution is 5.77. The molecule has 0 aromatic heterocycles. The molecule has 1 rings (SSSR count). The molecule has 1 aliphatic rings. The third-order valence-corrected chi connectivity index (χ3v) is 2.43. The van der Waals surface area contributed by atoms with Gasteiger partial charge in [-0.1, -0.05) is 6.42 Å². The third-order valence-electron chi connectivity index (χ3n) is 2.43. The largest absolute Gasteiger partial charge is 0.481 e. The molecule has 0 aliphatic carbocycles. The van der Waals surface area contributed by atoms with Crippen LogP contribution in [0.5, 0.6) is 0 Å². The van der Waals surface area contributed by atoms with Crippen molar-refractivity contribution in [2.24, 2.45) is 0 Å². The molecule has 80 valence electrons. The van der Waals surface area contributed by atoms with E-state index in [0.29, 0.717) is 6.42 Å². The van der Waals surface area contributed by atoms with Crippen molar-refractivity contribution in [2.75, 3.05) is 0 Å². The van der Waals surface area contributed by atoms with Gasteiger partial charge in [-0.3, -0.25) is 4.79 Å². The summed E-state index contributed by atoms with van der Waals surface area (Å²) >= 11 is 0. The molecular formula is C9H16N2O3. The van der Waals surface area contributed by atoms with Gasteiger partial charge in [-0.25, -0.2) is 4.79 Å². The minimum absolute atomic E-state index is 0.124. The van der Waals surface area contributed by atoms with Gasteiger partial charge in [0, 0.05) is 12.5 Å². The van der Waals surface area contributed by atoms with Crippen LogP contribution in [0, 0.1) is 0 Å². The van der Waals surface area contributed by atoms with Crippen molar-refractivity contribution >= 4 is 12.0 Å². The molecule has 5 heteroatoms. The quantitative estimate of drug-likeness (QED) is 0.572. The van der Waals surface area contributed by atoms with E-state index in [0.717, 1.165) is 12.8 Å². The number of urea groups is 1. The highest BCUT2D eigenvalue weighted by Crippen LogP contribution is 2.10. The first-order valence-electron chi connectivity index (χ1n) is 4.88. The molecule has 2 atom stereocenters. The molecule has 1 saturated heterocycles. The Labute approximate surface area is 82.9 Å². The fraction of sp³-hybridized carbons (Fsp3) is 0.778. The van der Waals surface area contributed by atoms with E-state index in [2.05, 4.69) is 10.6 Å². The van der Waals surface area contributed by atoms with Crippen molar-refractivity contribution in [1.82, 2.24) is 10.6 Å². The molecule has 0 spiro atoms. The lowest BCUT2D eigenvalue weighted by Crippen LogP contribution is -2.30. The Kier molecular flexibility index (Phi) is 3.73. The van der Waals surface area contributed by atoms with Crippen LogP contribution < -0.4 is 10.6 Å². The second-order valence-corrected chi connectivity index (χ2v) is 3.65. The van der Waals surface area contributed by atoms with E-state index in [1.165, 1.54) is 0 Å². The molecule has 0 unspecified atom stereocenters. The zero-order chi connectivity index (χ0) is 10.6. The first-order chi connectivity index (χ1) is 6.59. The van der Waals surface area contributed by atoms with Gasteiger partial charge in [-0.05, 0) is 19.8 Å². The summed E-state index contributed by atoms with van der Waals surface area (Å²) in [4.78, 5) is 21.1. The van der Waals surface area contributed by atoms with Gasteiger partial charge >= 0.3 is 12.0 Å². The van der Waals surface area contributed by atoms with Crippen molar-refractivity contribution in [1.29, 1.82) is 0 Å². The number of carbonyl (C=O) groups is 2. The standard InChI is InChI=1S/C9H16N2O3/c1-6-7(11-9(14)10-6)4-2-3-5-8(12)13/h6-7H,2-5H2,1H3,(H,12,13)(H2,10,11,14)/t6-,7-/m0/s1. The monoisotopic (exact) mass is 200 g/mol. The Hall–Kier alpha value is -1.26. The molecule has 0 saturated carbocycles. The van der Waals surface area contributed by atoms with E-state index < -0.39 is 5.97 Å². The van der Waals surface area contributed by atoms with Crippen LogP contribution in [0.15, 0.2) is 0 Å². The molecule has 1 fully saturated rings. The Morgan fingerprint density at radius 2 is 2.14 bits per heavy atom. The third kappa shape index (κ3) is 3.24. The lowest BCUT2D eigenvalue weighted by Gasteiger charge is -2.12. The van der Waals surface area contributed by atoms with Gasteiger partial charge in [0.15, 0.2) is 0 Å². The molecule has 2 amide bonds. The number of aliphatic carboxylic acids is 1. The Morgan fingerprint density at radius 1 is 1.43 bits per heavy atom. The molecule has 0 aromatic rings.